The van der Waals surface area contributed by atoms with Crippen molar-refractivity contribution >= 4 is 34.8 Å². The summed E-state index contributed by atoms with van der Waals surface area (Å²) in [6.07, 6.45) is 6.29. The SMILES string of the molecule is O=C(NN=C1[C@H]2CCC[C@@H]1[C@H](c1cccc(Cl)c1)N[C@@H]2c1cccc(Cl)c1)c1ccncc1. The van der Waals surface area contributed by atoms with Crippen LogP contribution in [0.25, 0.3) is 0 Å². The molecule has 0 radical (unpaired) electrons. The molecule has 3 aromatic rings. The van der Waals surface area contributed by atoms with Crippen molar-refractivity contribution in [2.24, 2.45) is 16.9 Å². The van der Waals surface area contributed by atoms with Gasteiger partial charge in [0.05, 0.1) is 0 Å². The summed E-state index contributed by atoms with van der Waals surface area (Å²) in [6.45, 7) is 0. The molecule has 2 N–H and O–H groups in total. The first-order chi connectivity index (χ1) is 16.1. The number of aromatic nitrogens is 1. The molecule has 1 saturated heterocycles. The second kappa shape index (κ2) is 9.64. The van der Waals surface area contributed by atoms with Gasteiger partial charge in [-0.2, -0.15) is 5.10 Å². The summed E-state index contributed by atoms with van der Waals surface area (Å²) in [5, 5.41) is 10.0. The number of carbonyl (C=O) groups excluding carboxylic acids is 1. The Morgan fingerprint density at radius 3 is 2.03 bits per heavy atom. The normalized spacial score (nSPS) is 25.6. The highest BCUT2D eigenvalue weighted by molar-refractivity contribution is 6.30. The lowest BCUT2D eigenvalue weighted by atomic mass is 9.67. The monoisotopic (exact) mass is 478 g/mol. The first kappa shape index (κ1) is 22.1. The molecule has 5 rings (SSSR count). The van der Waals surface area contributed by atoms with E-state index in [0.717, 1.165) is 36.1 Å². The van der Waals surface area contributed by atoms with Crippen LogP contribution in [0.1, 0.15) is 52.8 Å². The summed E-state index contributed by atoms with van der Waals surface area (Å²) < 4.78 is 0. The first-order valence-electron chi connectivity index (χ1n) is 11.1. The smallest absolute Gasteiger partial charge is 0.271 e. The predicted molar refractivity (Wildman–Crippen MR) is 131 cm³/mol. The molecule has 2 heterocycles. The highest BCUT2D eigenvalue weighted by atomic mass is 35.5. The van der Waals surface area contributed by atoms with E-state index in [1.165, 1.54) is 0 Å². The maximum atomic E-state index is 12.7. The topological polar surface area (TPSA) is 66.4 Å². The molecule has 0 unspecified atom stereocenters. The van der Waals surface area contributed by atoms with Gasteiger partial charge in [0.1, 0.15) is 0 Å². The zero-order valence-electron chi connectivity index (χ0n) is 17.9. The van der Waals surface area contributed by atoms with Crippen molar-refractivity contribution in [2.45, 2.75) is 31.3 Å². The average molecular weight is 479 g/mol. The lowest BCUT2D eigenvalue weighted by Crippen LogP contribution is -2.51. The molecule has 1 amide bonds. The third kappa shape index (κ3) is 4.67. The van der Waals surface area contributed by atoms with Gasteiger partial charge in [0.2, 0.25) is 0 Å². The van der Waals surface area contributed by atoms with Crippen LogP contribution in [0.15, 0.2) is 78.2 Å². The van der Waals surface area contributed by atoms with Crippen LogP contribution in [0, 0.1) is 11.8 Å². The Labute approximate surface area is 203 Å². The van der Waals surface area contributed by atoms with Gasteiger partial charge in [-0.05, 0) is 60.4 Å². The van der Waals surface area contributed by atoms with Crippen LogP contribution in [0.5, 0.6) is 0 Å². The number of rotatable bonds is 4. The maximum Gasteiger partial charge on any atom is 0.271 e. The van der Waals surface area contributed by atoms with Crippen LogP contribution >= 0.6 is 23.2 Å². The number of halogens is 2. The molecule has 0 spiro atoms. The molecule has 1 aromatic heterocycles. The van der Waals surface area contributed by atoms with Crippen molar-refractivity contribution < 1.29 is 4.79 Å². The third-order valence-corrected chi connectivity index (χ3v) is 7.07. The van der Waals surface area contributed by atoms with Crippen LogP contribution in [0.2, 0.25) is 10.0 Å². The molecule has 1 aliphatic heterocycles. The fourth-order valence-electron chi connectivity index (χ4n) is 5.14. The zero-order chi connectivity index (χ0) is 22.8. The van der Waals surface area contributed by atoms with Gasteiger partial charge in [0.25, 0.3) is 5.91 Å². The van der Waals surface area contributed by atoms with Gasteiger partial charge in [-0.3, -0.25) is 9.78 Å². The maximum absolute atomic E-state index is 12.7. The van der Waals surface area contributed by atoms with Gasteiger partial charge >= 0.3 is 0 Å². The molecule has 1 saturated carbocycles. The molecule has 7 heteroatoms. The summed E-state index contributed by atoms with van der Waals surface area (Å²) in [6, 6.07) is 19.4. The van der Waals surface area contributed by atoms with Gasteiger partial charge in [0, 0.05) is 57.6 Å². The Morgan fingerprint density at radius 1 is 0.909 bits per heavy atom. The Balaban J connectivity index is 1.53. The number of hydrazone groups is 1. The fourth-order valence-corrected chi connectivity index (χ4v) is 5.53. The second-order valence-corrected chi connectivity index (χ2v) is 9.46. The van der Waals surface area contributed by atoms with E-state index in [2.05, 4.69) is 27.9 Å². The van der Waals surface area contributed by atoms with E-state index < -0.39 is 0 Å². The Kier molecular flexibility index (Phi) is 6.45. The molecule has 5 nitrogen and oxygen atoms in total. The second-order valence-electron chi connectivity index (χ2n) is 8.59. The summed E-state index contributed by atoms with van der Waals surface area (Å²) >= 11 is 12.7. The largest absolute Gasteiger partial charge is 0.302 e. The lowest BCUT2D eigenvalue weighted by molar-refractivity contribution is 0.0953. The zero-order valence-corrected chi connectivity index (χ0v) is 19.4. The summed E-state index contributed by atoms with van der Waals surface area (Å²) in [5.41, 5.74) is 6.60. The van der Waals surface area contributed by atoms with Crippen LogP contribution in [-0.2, 0) is 0 Å². The van der Waals surface area contributed by atoms with Crippen molar-refractivity contribution in [1.29, 1.82) is 0 Å². The minimum atomic E-state index is -0.236. The molecule has 2 aromatic carbocycles. The summed E-state index contributed by atoms with van der Waals surface area (Å²) in [7, 11) is 0. The number of nitrogens with one attached hydrogen (secondary N) is 2. The van der Waals surface area contributed by atoms with Gasteiger partial charge in [0.15, 0.2) is 0 Å². The number of nitrogens with zero attached hydrogens (tertiary/aromatic N) is 2. The highest BCUT2D eigenvalue weighted by Gasteiger charge is 2.45. The van der Waals surface area contributed by atoms with Gasteiger partial charge in [-0.1, -0.05) is 53.9 Å². The summed E-state index contributed by atoms with van der Waals surface area (Å²) in [5.74, 6) is 0.0888. The Hall–Kier alpha value is -2.73. The molecule has 33 heavy (non-hydrogen) atoms. The number of hydrogen-bond donors (Lipinski definition) is 2. The Bertz CT molecular complexity index is 1120. The van der Waals surface area contributed by atoms with Crippen molar-refractivity contribution in [3.63, 3.8) is 0 Å². The molecule has 1 aliphatic carbocycles. The average Bonchev–Trinajstić information content (AvgIpc) is 2.83. The van der Waals surface area contributed by atoms with E-state index in [9.17, 15) is 4.79 Å². The van der Waals surface area contributed by atoms with E-state index in [0.29, 0.717) is 15.6 Å². The van der Waals surface area contributed by atoms with Gasteiger partial charge < -0.3 is 5.32 Å². The summed E-state index contributed by atoms with van der Waals surface area (Å²) in [4.78, 5) is 16.7. The van der Waals surface area contributed by atoms with E-state index in [-0.39, 0.29) is 29.8 Å². The number of piperidine rings is 1. The molecule has 4 atom stereocenters. The van der Waals surface area contributed by atoms with Crippen molar-refractivity contribution in [3.05, 3.63) is 99.8 Å². The lowest BCUT2D eigenvalue weighted by Gasteiger charge is -2.47. The molecule has 2 bridgehead atoms. The van der Waals surface area contributed by atoms with Crippen molar-refractivity contribution in [1.82, 2.24) is 15.7 Å². The number of pyridine rings is 1. The minimum Gasteiger partial charge on any atom is -0.302 e. The number of carbonyl (C=O) groups is 1. The molecule has 2 aliphatic rings. The quantitative estimate of drug-likeness (QED) is 0.453. The standard InChI is InChI=1S/C26H24Cl2N4O/c27-19-6-1-4-17(14-19)23-21-8-3-9-22(24(30-23)18-5-2-7-20(28)15-18)25(21)31-32-26(33)16-10-12-29-13-11-16/h1-2,4-7,10-15,21-24,30H,3,8-9H2,(H,32,33)/t21-,22+,23+,24-. The third-order valence-electron chi connectivity index (χ3n) is 6.60. The number of amides is 1. The van der Waals surface area contributed by atoms with E-state index in [1.54, 1.807) is 24.5 Å². The van der Waals surface area contributed by atoms with Crippen LogP contribution < -0.4 is 10.7 Å². The number of fused-ring (bicyclic) bond motifs is 2. The first-order valence-corrected chi connectivity index (χ1v) is 11.9. The minimum absolute atomic E-state index is 0.0285. The molecular weight excluding hydrogens is 455 g/mol. The number of hydrogen-bond acceptors (Lipinski definition) is 4. The van der Waals surface area contributed by atoms with Gasteiger partial charge in [-0.25, -0.2) is 5.43 Å². The van der Waals surface area contributed by atoms with Crippen LogP contribution in [0.4, 0.5) is 0 Å². The van der Waals surface area contributed by atoms with Gasteiger partial charge in [-0.15, -0.1) is 0 Å². The van der Waals surface area contributed by atoms with Crippen LogP contribution in [-0.4, -0.2) is 16.6 Å². The molecule has 2 fully saturated rings. The van der Waals surface area contributed by atoms with Crippen LogP contribution in [0.3, 0.4) is 0 Å². The van der Waals surface area contributed by atoms with E-state index >= 15 is 0 Å². The Morgan fingerprint density at radius 2 is 1.48 bits per heavy atom. The van der Waals surface area contributed by atoms with Crippen molar-refractivity contribution in [2.75, 3.05) is 0 Å². The molecular formula is C26H24Cl2N4O. The fraction of sp³-hybridized carbons (Fsp3) is 0.269. The number of benzene rings is 2. The van der Waals surface area contributed by atoms with Crippen molar-refractivity contribution in [3.8, 4) is 0 Å². The molecule has 168 valence electrons. The van der Waals surface area contributed by atoms with E-state index in [1.807, 2.05) is 36.4 Å². The van der Waals surface area contributed by atoms with E-state index in [4.69, 9.17) is 28.3 Å². The predicted octanol–water partition coefficient (Wildman–Crippen LogP) is 5.98. The highest BCUT2D eigenvalue weighted by Crippen LogP contribution is 2.46.